The third-order valence-electron chi connectivity index (χ3n) is 2.88. The lowest BCUT2D eigenvalue weighted by Gasteiger charge is -2.31. The number of halogens is 1. The smallest absolute Gasteiger partial charge is 0.235 e. The molecule has 2 nitrogen and oxygen atoms in total. The first-order valence-corrected chi connectivity index (χ1v) is 7.28. The Balaban J connectivity index is 1.89. The fraction of sp³-hybridized carbons (Fsp3) is 0.900. The molecule has 2 rings (SSSR count). The number of hydrogen-bond donors (Lipinski definition) is 0. The van der Waals surface area contributed by atoms with Crippen LogP contribution in [0, 0.1) is 0 Å². The lowest BCUT2D eigenvalue weighted by atomic mass is 10.1. The van der Waals surface area contributed by atoms with E-state index in [-0.39, 0.29) is 5.25 Å². The molecule has 0 aromatic carbocycles. The molecule has 14 heavy (non-hydrogen) atoms. The van der Waals surface area contributed by atoms with E-state index in [2.05, 4.69) is 15.9 Å². The van der Waals surface area contributed by atoms with Crippen LogP contribution in [-0.2, 0) is 4.79 Å². The van der Waals surface area contributed by atoms with Gasteiger partial charge in [-0.2, -0.15) is 0 Å². The number of carbonyl (C=O) groups excluding carboxylic acids is 1. The number of thioether (sulfide) groups is 1. The van der Waals surface area contributed by atoms with Crippen molar-refractivity contribution in [3.8, 4) is 0 Å². The summed E-state index contributed by atoms with van der Waals surface area (Å²) < 4.78 is 0. The summed E-state index contributed by atoms with van der Waals surface area (Å²) in [6.07, 6.45) is 4.67. The summed E-state index contributed by atoms with van der Waals surface area (Å²) in [7, 11) is 0. The van der Waals surface area contributed by atoms with E-state index in [4.69, 9.17) is 0 Å². The summed E-state index contributed by atoms with van der Waals surface area (Å²) in [6, 6.07) is 0. The molecule has 0 aromatic rings. The molecule has 2 aliphatic rings. The summed E-state index contributed by atoms with van der Waals surface area (Å²) >= 11 is 5.44. The maximum atomic E-state index is 12.0. The summed E-state index contributed by atoms with van der Waals surface area (Å²) in [5, 5.41) is 0.271. The fourth-order valence-electron chi connectivity index (χ4n) is 2.10. The molecule has 0 bridgehead atoms. The number of likely N-dealkylation sites (tertiary alicyclic amines) is 1. The van der Waals surface area contributed by atoms with Crippen LogP contribution in [-0.4, -0.2) is 39.7 Å². The normalized spacial score (nSPS) is 33.4. The van der Waals surface area contributed by atoms with Crippen molar-refractivity contribution < 1.29 is 4.79 Å². The molecule has 80 valence electrons. The van der Waals surface area contributed by atoms with E-state index >= 15 is 0 Å². The first kappa shape index (κ1) is 10.8. The molecule has 2 atom stereocenters. The molecule has 0 N–H and O–H groups in total. The van der Waals surface area contributed by atoms with Crippen LogP contribution < -0.4 is 0 Å². The van der Waals surface area contributed by atoms with Crippen LogP contribution in [0.1, 0.15) is 25.7 Å². The number of rotatable bonds is 1. The van der Waals surface area contributed by atoms with Gasteiger partial charge in [-0.05, 0) is 31.4 Å². The van der Waals surface area contributed by atoms with E-state index in [0.29, 0.717) is 10.7 Å². The SMILES string of the molecule is O=C(C1CCCS1)N1CCCC(Br)C1. The van der Waals surface area contributed by atoms with E-state index in [1.165, 1.54) is 18.6 Å². The predicted octanol–water partition coefficient (Wildman–Crippen LogP) is 2.27. The molecule has 2 saturated heterocycles. The zero-order chi connectivity index (χ0) is 9.97. The summed E-state index contributed by atoms with van der Waals surface area (Å²) in [6.45, 7) is 1.88. The predicted molar refractivity (Wildman–Crippen MR) is 64.0 cm³/mol. The van der Waals surface area contributed by atoms with Gasteiger partial charge in [0.25, 0.3) is 0 Å². The van der Waals surface area contributed by atoms with Gasteiger partial charge in [-0.3, -0.25) is 4.79 Å². The second kappa shape index (κ2) is 4.88. The van der Waals surface area contributed by atoms with Gasteiger partial charge in [-0.15, -0.1) is 11.8 Å². The number of carbonyl (C=O) groups is 1. The average Bonchev–Trinajstić information content (AvgIpc) is 2.69. The second-order valence-corrected chi connectivity index (χ2v) is 6.63. The third kappa shape index (κ3) is 2.45. The van der Waals surface area contributed by atoms with Crippen molar-refractivity contribution >= 4 is 33.6 Å². The lowest BCUT2D eigenvalue weighted by Crippen LogP contribution is -2.43. The van der Waals surface area contributed by atoms with E-state index in [0.717, 1.165) is 25.9 Å². The zero-order valence-corrected chi connectivity index (χ0v) is 10.6. The minimum absolute atomic E-state index is 0.271. The topological polar surface area (TPSA) is 20.3 Å². The maximum absolute atomic E-state index is 12.0. The highest BCUT2D eigenvalue weighted by atomic mass is 79.9. The van der Waals surface area contributed by atoms with Gasteiger partial charge < -0.3 is 4.90 Å². The van der Waals surface area contributed by atoms with Crippen LogP contribution in [0.5, 0.6) is 0 Å². The van der Waals surface area contributed by atoms with Crippen molar-refractivity contribution in [1.29, 1.82) is 0 Å². The highest BCUT2D eigenvalue weighted by Gasteiger charge is 2.30. The van der Waals surface area contributed by atoms with Crippen LogP contribution >= 0.6 is 27.7 Å². The number of alkyl halides is 1. The molecule has 4 heteroatoms. The van der Waals surface area contributed by atoms with Crippen LogP contribution in [0.15, 0.2) is 0 Å². The number of hydrogen-bond acceptors (Lipinski definition) is 2. The largest absolute Gasteiger partial charge is 0.341 e. The Morgan fingerprint density at radius 3 is 2.86 bits per heavy atom. The monoisotopic (exact) mass is 277 g/mol. The van der Waals surface area contributed by atoms with Gasteiger partial charge in [-0.1, -0.05) is 15.9 Å². The Labute approximate surface area is 97.9 Å². The Bertz CT molecular complexity index is 218. The van der Waals surface area contributed by atoms with Gasteiger partial charge in [0, 0.05) is 17.9 Å². The van der Waals surface area contributed by atoms with Gasteiger partial charge in [0.2, 0.25) is 5.91 Å². The summed E-state index contributed by atoms with van der Waals surface area (Å²) in [5.41, 5.74) is 0. The molecule has 0 radical (unpaired) electrons. The van der Waals surface area contributed by atoms with Crippen LogP contribution in [0.2, 0.25) is 0 Å². The molecular formula is C10H16BrNOS. The van der Waals surface area contributed by atoms with Gasteiger partial charge >= 0.3 is 0 Å². The lowest BCUT2D eigenvalue weighted by molar-refractivity contribution is -0.131. The molecule has 0 saturated carbocycles. The number of piperidine rings is 1. The van der Waals surface area contributed by atoms with E-state index < -0.39 is 0 Å². The zero-order valence-electron chi connectivity index (χ0n) is 8.25. The number of nitrogens with zero attached hydrogens (tertiary/aromatic N) is 1. The Hall–Kier alpha value is 0.300. The van der Waals surface area contributed by atoms with Crippen LogP contribution in [0.3, 0.4) is 0 Å². The summed E-state index contributed by atoms with van der Waals surface area (Å²) in [5.74, 6) is 1.55. The van der Waals surface area contributed by atoms with Crippen molar-refractivity contribution in [1.82, 2.24) is 4.90 Å². The molecule has 0 aromatic heterocycles. The molecule has 0 aliphatic carbocycles. The average molecular weight is 278 g/mol. The molecular weight excluding hydrogens is 262 g/mol. The Morgan fingerprint density at radius 2 is 2.21 bits per heavy atom. The quantitative estimate of drug-likeness (QED) is 0.686. The third-order valence-corrected chi connectivity index (χ3v) is 4.99. The minimum atomic E-state index is 0.271. The van der Waals surface area contributed by atoms with E-state index in [1.807, 2.05) is 16.7 Å². The molecule has 2 aliphatic heterocycles. The first-order chi connectivity index (χ1) is 6.77. The Morgan fingerprint density at radius 1 is 1.36 bits per heavy atom. The van der Waals surface area contributed by atoms with Crippen LogP contribution in [0.4, 0.5) is 0 Å². The maximum Gasteiger partial charge on any atom is 0.235 e. The van der Waals surface area contributed by atoms with Crippen molar-refractivity contribution in [2.45, 2.75) is 35.8 Å². The molecule has 0 spiro atoms. The minimum Gasteiger partial charge on any atom is -0.341 e. The van der Waals surface area contributed by atoms with Gasteiger partial charge in [0.1, 0.15) is 0 Å². The van der Waals surface area contributed by atoms with E-state index in [9.17, 15) is 4.79 Å². The highest BCUT2D eigenvalue weighted by molar-refractivity contribution is 9.09. The Kier molecular flexibility index (Phi) is 3.77. The second-order valence-electron chi connectivity index (χ2n) is 4.03. The van der Waals surface area contributed by atoms with Gasteiger partial charge in [0.15, 0.2) is 0 Å². The summed E-state index contributed by atoms with van der Waals surface area (Å²) in [4.78, 5) is 14.6. The van der Waals surface area contributed by atoms with Crippen molar-refractivity contribution in [3.63, 3.8) is 0 Å². The fourth-order valence-corrected chi connectivity index (χ4v) is 4.02. The van der Waals surface area contributed by atoms with Crippen LogP contribution in [0.25, 0.3) is 0 Å². The van der Waals surface area contributed by atoms with Crippen molar-refractivity contribution in [2.75, 3.05) is 18.8 Å². The highest BCUT2D eigenvalue weighted by Crippen LogP contribution is 2.29. The van der Waals surface area contributed by atoms with E-state index in [1.54, 1.807) is 0 Å². The first-order valence-electron chi connectivity index (χ1n) is 5.32. The molecule has 1 amide bonds. The van der Waals surface area contributed by atoms with Gasteiger partial charge in [-0.25, -0.2) is 0 Å². The number of amides is 1. The van der Waals surface area contributed by atoms with Gasteiger partial charge in [0.05, 0.1) is 5.25 Å². The molecule has 2 heterocycles. The molecule has 2 fully saturated rings. The standard InChI is InChI=1S/C10H16BrNOS/c11-8-3-1-5-12(7-8)10(13)9-4-2-6-14-9/h8-9H,1-7H2. The van der Waals surface area contributed by atoms with Crippen molar-refractivity contribution in [2.24, 2.45) is 0 Å². The van der Waals surface area contributed by atoms with Crippen molar-refractivity contribution in [3.05, 3.63) is 0 Å². The molecule has 2 unspecified atom stereocenters.